The van der Waals surface area contributed by atoms with Gasteiger partial charge in [0.25, 0.3) is 5.91 Å². The standard InChI is InChI=1S/C23H32N4O3/c1-7-20-15(2)25-27(16(20)3)19-10-8-17(9-11-19)21(28)26-13-12-18(14-26)24-22(29)30-23(4,5)6/h8-11,18H,7,12-14H2,1-6H3,(H,24,29). The Hall–Kier alpha value is -2.83. The first kappa shape index (κ1) is 21.9. The normalized spacial score (nSPS) is 16.6. The van der Waals surface area contributed by atoms with E-state index in [1.54, 1.807) is 4.90 Å². The average molecular weight is 413 g/mol. The Bertz CT molecular complexity index is 925. The van der Waals surface area contributed by atoms with Gasteiger partial charge in [0.15, 0.2) is 0 Å². The van der Waals surface area contributed by atoms with Crippen molar-refractivity contribution in [1.29, 1.82) is 0 Å². The first-order valence-electron chi connectivity index (χ1n) is 10.5. The molecule has 1 atom stereocenters. The van der Waals surface area contributed by atoms with Crippen LogP contribution >= 0.6 is 0 Å². The second-order valence-corrected chi connectivity index (χ2v) is 8.84. The lowest BCUT2D eigenvalue weighted by Gasteiger charge is -2.22. The Morgan fingerprint density at radius 2 is 1.87 bits per heavy atom. The zero-order valence-electron chi connectivity index (χ0n) is 18.8. The fraction of sp³-hybridized carbons (Fsp3) is 0.522. The molecule has 7 nitrogen and oxygen atoms in total. The predicted molar refractivity (Wildman–Crippen MR) is 116 cm³/mol. The summed E-state index contributed by atoms with van der Waals surface area (Å²) in [6.07, 6.45) is 1.22. The number of aryl methyl sites for hydroxylation is 1. The summed E-state index contributed by atoms with van der Waals surface area (Å²) in [5.41, 5.74) is 4.46. The Kier molecular flexibility index (Phi) is 6.19. The maximum absolute atomic E-state index is 12.9. The van der Waals surface area contributed by atoms with Gasteiger partial charge in [0.05, 0.1) is 17.4 Å². The van der Waals surface area contributed by atoms with Crippen molar-refractivity contribution in [2.75, 3.05) is 13.1 Å². The highest BCUT2D eigenvalue weighted by Gasteiger charge is 2.29. The summed E-state index contributed by atoms with van der Waals surface area (Å²) in [6, 6.07) is 7.45. The number of amides is 2. The van der Waals surface area contributed by atoms with Crippen LogP contribution in [0.5, 0.6) is 0 Å². The first-order chi connectivity index (χ1) is 14.1. The third-order valence-electron chi connectivity index (χ3n) is 5.35. The van der Waals surface area contributed by atoms with Gasteiger partial charge in [0.1, 0.15) is 5.60 Å². The topological polar surface area (TPSA) is 76.5 Å². The zero-order chi connectivity index (χ0) is 22.1. The van der Waals surface area contributed by atoms with Crippen molar-refractivity contribution in [3.63, 3.8) is 0 Å². The molecule has 1 N–H and O–H groups in total. The highest BCUT2D eigenvalue weighted by Crippen LogP contribution is 2.20. The van der Waals surface area contributed by atoms with Crippen LogP contribution in [0.2, 0.25) is 0 Å². The van der Waals surface area contributed by atoms with Crippen molar-refractivity contribution < 1.29 is 14.3 Å². The minimum absolute atomic E-state index is 0.0300. The lowest BCUT2D eigenvalue weighted by atomic mass is 10.1. The smallest absolute Gasteiger partial charge is 0.407 e. The van der Waals surface area contributed by atoms with Crippen molar-refractivity contribution in [3.8, 4) is 5.69 Å². The van der Waals surface area contributed by atoms with E-state index in [4.69, 9.17) is 4.74 Å². The van der Waals surface area contributed by atoms with Crippen molar-refractivity contribution in [3.05, 3.63) is 46.8 Å². The summed E-state index contributed by atoms with van der Waals surface area (Å²) in [7, 11) is 0. The molecule has 7 heteroatoms. The monoisotopic (exact) mass is 412 g/mol. The van der Waals surface area contributed by atoms with Gasteiger partial charge < -0.3 is 15.0 Å². The van der Waals surface area contributed by atoms with Gasteiger partial charge in [-0.3, -0.25) is 4.79 Å². The Morgan fingerprint density at radius 1 is 1.20 bits per heavy atom. The molecule has 1 aliphatic heterocycles. The van der Waals surface area contributed by atoms with Gasteiger partial charge in [-0.15, -0.1) is 0 Å². The number of ether oxygens (including phenoxy) is 1. The lowest BCUT2D eigenvalue weighted by Crippen LogP contribution is -2.41. The van der Waals surface area contributed by atoms with E-state index in [1.165, 1.54) is 5.56 Å². The highest BCUT2D eigenvalue weighted by atomic mass is 16.6. The van der Waals surface area contributed by atoms with E-state index >= 15 is 0 Å². The number of benzene rings is 1. The number of nitrogens with one attached hydrogen (secondary N) is 1. The molecule has 0 bridgehead atoms. The summed E-state index contributed by atoms with van der Waals surface area (Å²) in [6.45, 7) is 12.8. The highest BCUT2D eigenvalue weighted by molar-refractivity contribution is 5.94. The first-order valence-corrected chi connectivity index (χ1v) is 10.5. The molecule has 162 valence electrons. The molecule has 3 rings (SSSR count). The second-order valence-electron chi connectivity index (χ2n) is 8.84. The third kappa shape index (κ3) is 4.83. The van der Waals surface area contributed by atoms with Crippen molar-refractivity contribution >= 4 is 12.0 Å². The molecule has 30 heavy (non-hydrogen) atoms. The van der Waals surface area contributed by atoms with E-state index in [2.05, 4.69) is 24.3 Å². The molecule has 1 aliphatic rings. The van der Waals surface area contributed by atoms with Crippen molar-refractivity contribution in [2.45, 2.75) is 66.0 Å². The van der Waals surface area contributed by atoms with E-state index in [0.29, 0.717) is 25.1 Å². The number of likely N-dealkylation sites (tertiary alicyclic amines) is 1. The molecule has 2 aromatic rings. The van der Waals surface area contributed by atoms with E-state index in [9.17, 15) is 9.59 Å². The summed E-state index contributed by atoms with van der Waals surface area (Å²) < 4.78 is 7.23. The van der Waals surface area contributed by atoms with Crippen LogP contribution in [0.4, 0.5) is 4.79 Å². The fourth-order valence-electron chi connectivity index (χ4n) is 3.90. The Labute approximate surface area is 178 Å². The fourth-order valence-corrected chi connectivity index (χ4v) is 3.90. The van der Waals surface area contributed by atoms with Gasteiger partial charge in [-0.1, -0.05) is 6.92 Å². The van der Waals surface area contributed by atoms with Crippen LogP contribution < -0.4 is 5.32 Å². The largest absolute Gasteiger partial charge is 0.444 e. The molecule has 0 aliphatic carbocycles. The molecule has 1 unspecified atom stereocenters. The summed E-state index contributed by atoms with van der Waals surface area (Å²) in [4.78, 5) is 26.6. The van der Waals surface area contributed by atoms with Crippen molar-refractivity contribution in [1.82, 2.24) is 20.0 Å². The molecular formula is C23H32N4O3. The van der Waals surface area contributed by atoms with Gasteiger partial charge >= 0.3 is 6.09 Å². The number of carbonyl (C=O) groups excluding carboxylic acids is 2. The maximum Gasteiger partial charge on any atom is 0.407 e. The van der Waals surface area contributed by atoms with E-state index < -0.39 is 11.7 Å². The van der Waals surface area contributed by atoms with E-state index in [1.807, 2.05) is 56.6 Å². The Morgan fingerprint density at radius 3 is 2.43 bits per heavy atom. The minimum atomic E-state index is -0.538. The third-order valence-corrected chi connectivity index (χ3v) is 5.35. The van der Waals surface area contributed by atoms with Gasteiger partial charge in [-0.05, 0) is 77.3 Å². The van der Waals surface area contributed by atoms with Crippen LogP contribution in [0.25, 0.3) is 5.69 Å². The summed E-state index contributed by atoms with van der Waals surface area (Å²) in [5.74, 6) is -0.0300. The number of hydrogen-bond donors (Lipinski definition) is 1. The molecule has 0 saturated carbocycles. The average Bonchev–Trinajstić information content (AvgIpc) is 3.23. The molecule has 0 radical (unpaired) electrons. The van der Waals surface area contributed by atoms with Crippen LogP contribution in [-0.4, -0.2) is 51.4 Å². The molecular weight excluding hydrogens is 380 g/mol. The Balaban J connectivity index is 1.63. The molecule has 2 amide bonds. The number of nitrogens with zero attached hydrogens (tertiary/aromatic N) is 3. The van der Waals surface area contributed by atoms with Gasteiger partial charge in [-0.2, -0.15) is 5.10 Å². The lowest BCUT2D eigenvalue weighted by molar-refractivity contribution is 0.0502. The van der Waals surface area contributed by atoms with Crippen LogP contribution in [0, 0.1) is 13.8 Å². The second kappa shape index (κ2) is 8.50. The number of carbonyl (C=O) groups is 2. The predicted octanol–water partition coefficient (Wildman–Crippen LogP) is 3.79. The van der Waals surface area contributed by atoms with Crippen LogP contribution in [0.15, 0.2) is 24.3 Å². The number of hydrogen-bond acceptors (Lipinski definition) is 4. The number of rotatable bonds is 4. The minimum Gasteiger partial charge on any atom is -0.444 e. The summed E-state index contributed by atoms with van der Waals surface area (Å²) >= 11 is 0. The van der Waals surface area contributed by atoms with E-state index in [-0.39, 0.29) is 11.9 Å². The number of aromatic nitrogens is 2. The molecule has 1 aromatic heterocycles. The summed E-state index contributed by atoms with van der Waals surface area (Å²) in [5, 5.41) is 7.49. The van der Waals surface area contributed by atoms with Crippen LogP contribution in [0.1, 0.15) is 61.4 Å². The van der Waals surface area contributed by atoms with Gasteiger partial charge in [0.2, 0.25) is 0 Å². The maximum atomic E-state index is 12.9. The molecule has 1 aromatic carbocycles. The van der Waals surface area contributed by atoms with Gasteiger partial charge in [-0.25, -0.2) is 9.48 Å². The van der Waals surface area contributed by atoms with Crippen LogP contribution in [-0.2, 0) is 11.2 Å². The zero-order valence-corrected chi connectivity index (χ0v) is 18.8. The van der Waals surface area contributed by atoms with E-state index in [0.717, 1.165) is 23.5 Å². The molecule has 0 spiro atoms. The quantitative estimate of drug-likeness (QED) is 0.829. The number of alkyl carbamates (subject to hydrolysis) is 1. The van der Waals surface area contributed by atoms with Crippen LogP contribution in [0.3, 0.4) is 0 Å². The molecule has 1 saturated heterocycles. The van der Waals surface area contributed by atoms with Gasteiger partial charge in [0, 0.05) is 24.3 Å². The SMILES string of the molecule is CCc1c(C)nn(-c2ccc(C(=O)N3CCC(NC(=O)OC(C)(C)C)C3)cc2)c1C. The molecule has 1 fully saturated rings. The molecule has 2 heterocycles. The van der Waals surface area contributed by atoms with Crippen molar-refractivity contribution in [2.24, 2.45) is 0 Å².